The second-order valence-corrected chi connectivity index (χ2v) is 13.1. The smallest absolute Gasteiger partial charge is 0.252 e. The van der Waals surface area contributed by atoms with Gasteiger partial charge in [0.05, 0.1) is 18.1 Å². The van der Waals surface area contributed by atoms with E-state index in [0.717, 1.165) is 11.1 Å². The normalized spacial score (nSPS) is 20.4. The van der Waals surface area contributed by atoms with Crippen molar-refractivity contribution in [2.45, 2.75) is 63.0 Å². The van der Waals surface area contributed by atoms with Gasteiger partial charge >= 0.3 is 0 Å². The number of fused-ring (bicyclic) bond motifs is 1. The second kappa shape index (κ2) is 13.4. The highest BCUT2D eigenvalue weighted by atomic mass is 32.2. The molecule has 3 heterocycles. The van der Waals surface area contributed by atoms with E-state index in [2.05, 4.69) is 30.3 Å². The second-order valence-electron chi connectivity index (χ2n) is 10.8. The molecule has 44 heavy (non-hydrogen) atoms. The molecule has 0 saturated carbocycles. The molecule has 4 atom stereocenters. The number of carbonyl (C=O) groups is 1. The largest absolute Gasteiger partial charge is 0.387 e. The SMILES string of the molecule is CCNC(=O)[C@H]1OC(n2cnc3c(NCC(c4ccccc4)c4ccccc4)nc(CNS(=O)(=O)C(C)C)nc32)[C@H](O)[C@@H]1O. The lowest BCUT2D eigenvalue weighted by molar-refractivity contribution is -0.137. The molecule has 5 N–H and O–H groups in total. The summed E-state index contributed by atoms with van der Waals surface area (Å²) in [4.78, 5) is 26.1. The van der Waals surface area contributed by atoms with Crippen LogP contribution in [0, 0.1) is 0 Å². The van der Waals surface area contributed by atoms with Crippen LogP contribution in [0.3, 0.4) is 0 Å². The molecular weight excluding hydrogens is 586 g/mol. The number of nitrogens with zero attached hydrogens (tertiary/aromatic N) is 4. The summed E-state index contributed by atoms with van der Waals surface area (Å²) < 4.78 is 34.8. The Morgan fingerprint density at radius 2 is 1.64 bits per heavy atom. The van der Waals surface area contributed by atoms with Crippen molar-refractivity contribution in [1.82, 2.24) is 29.6 Å². The van der Waals surface area contributed by atoms with Crippen molar-refractivity contribution < 1.29 is 28.2 Å². The average molecular weight is 624 g/mol. The predicted octanol–water partition coefficient (Wildman–Crippen LogP) is 1.65. The molecule has 2 aromatic heterocycles. The van der Waals surface area contributed by atoms with Crippen LogP contribution in [-0.2, 0) is 26.1 Å². The van der Waals surface area contributed by atoms with Gasteiger partial charge in [0.15, 0.2) is 29.3 Å². The Bertz CT molecular complexity index is 1640. The molecular formula is C30H37N7O6S. The molecule has 0 aliphatic carbocycles. The molecule has 0 bridgehead atoms. The molecule has 1 unspecified atom stereocenters. The fourth-order valence-electron chi connectivity index (χ4n) is 5.06. The van der Waals surface area contributed by atoms with Crippen molar-refractivity contribution in [1.29, 1.82) is 0 Å². The molecule has 0 radical (unpaired) electrons. The van der Waals surface area contributed by atoms with E-state index >= 15 is 0 Å². The van der Waals surface area contributed by atoms with E-state index in [9.17, 15) is 23.4 Å². The molecule has 1 fully saturated rings. The lowest BCUT2D eigenvalue weighted by atomic mass is 9.91. The summed E-state index contributed by atoms with van der Waals surface area (Å²) in [5.74, 6) is -0.118. The van der Waals surface area contributed by atoms with E-state index in [0.29, 0.717) is 24.4 Å². The van der Waals surface area contributed by atoms with Crippen molar-refractivity contribution in [3.05, 3.63) is 83.9 Å². The van der Waals surface area contributed by atoms with Gasteiger partial charge in [-0.15, -0.1) is 0 Å². The van der Waals surface area contributed by atoms with Crippen LogP contribution in [0.1, 0.15) is 49.9 Å². The lowest BCUT2D eigenvalue weighted by Crippen LogP contribution is -2.42. The number of sulfonamides is 1. The van der Waals surface area contributed by atoms with Crippen molar-refractivity contribution >= 4 is 32.9 Å². The Balaban J connectivity index is 1.52. The van der Waals surface area contributed by atoms with Crippen LogP contribution in [0.15, 0.2) is 67.0 Å². The third kappa shape index (κ3) is 6.59. The number of nitrogens with one attached hydrogen (secondary N) is 3. The summed E-state index contributed by atoms with van der Waals surface area (Å²) in [5.41, 5.74) is 2.73. The Labute approximate surface area is 255 Å². The number of amides is 1. The summed E-state index contributed by atoms with van der Waals surface area (Å²) in [5, 5.41) is 26.8. The van der Waals surface area contributed by atoms with Gasteiger partial charge in [-0.3, -0.25) is 9.36 Å². The first-order valence-corrected chi connectivity index (χ1v) is 16.0. The Hall–Kier alpha value is -3.95. The first-order chi connectivity index (χ1) is 21.1. The highest BCUT2D eigenvalue weighted by Crippen LogP contribution is 2.33. The van der Waals surface area contributed by atoms with Crippen molar-refractivity contribution in [3.63, 3.8) is 0 Å². The number of anilines is 1. The van der Waals surface area contributed by atoms with Gasteiger partial charge in [0.25, 0.3) is 5.91 Å². The van der Waals surface area contributed by atoms with Gasteiger partial charge < -0.3 is 25.6 Å². The number of carbonyl (C=O) groups excluding carboxylic acids is 1. The van der Waals surface area contributed by atoms with E-state index in [4.69, 9.17) is 4.74 Å². The van der Waals surface area contributed by atoms with Crippen molar-refractivity contribution in [2.24, 2.45) is 0 Å². The monoisotopic (exact) mass is 623 g/mol. The summed E-state index contributed by atoms with van der Waals surface area (Å²) in [6.45, 7) is 5.41. The van der Waals surface area contributed by atoms with E-state index in [1.165, 1.54) is 10.9 Å². The molecule has 13 nitrogen and oxygen atoms in total. The van der Waals surface area contributed by atoms with Gasteiger partial charge in [-0.25, -0.2) is 28.1 Å². The molecule has 1 aliphatic heterocycles. The predicted molar refractivity (Wildman–Crippen MR) is 164 cm³/mol. The fraction of sp³-hybridized carbons (Fsp3) is 0.400. The minimum Gasteiger partial charge on any atom is -0.387 e. The summed E-state index contributed by atoms with van der Waals surface area (Å²) >= 11 is 0. The molecule has 14 heteroatoms. The molecule has 1 aliphatic rings. The molecule has 0 spiro atoms. The van der Waals surface area contributed by atoms with Crippen LogP contribution in [0.25, 0.3) is 11.2 Å². The van der Waals surface area contributed by atoms with Gasteiger partial charge in [0, 0.05) is 19.0 Å². The topological polar surface area (TPSA) is 181 Å². The first kappa shape index (κ1) is 31.5. The number of ether oxygens (including phenoxy) is 1. The number of likely N-dealkylation sites (N-methyl/N-ethyl adjacent to an activating group) is 1. The third-order valence-electron chi connectivity index (χ3n) is 7.52. The molecule has 5 rings (SSSR count). The van der Waals surface area contributed by atoms with Crippen molar-refractivity contribution in [3.8, 4) is 0 Å². The van der Waals surface area contributed by atoms with Gasteiger partial charge in [-0.2, -0.15) is 0 Å². The first-order valence-electron chi connectivity index (χ1n) is 14.5. The Kier molecular flexibility index (Phi) is 9.56. The highest BCUT2D eigenvalue weighted by Gasteiger charge is 2.47. The van der Waals surface area contributed by atoms with Crippen LogP contribution in [0.2, 0.25) is 0 Å². The standard InChI is InChI=1S/C30H37N7O6S/c1-4-31-29(40)26-24(38)25(39)30(43-26)37-17-33-23-27(35-22(36-28(23)37)16-34-44(41,42)18(2)3)32-15-21(19-11-7-5-8-12-19)20-13-9-6-10-14-20/h5-14,17-18,21,24-26,30,34,38-39H,4,15-16H2,1-3H3,(H,31,40)(H,32,35,36)/t24-,25+,26-,30?/m0/s1. The van der Waals surface area contributed by atoms with Crippen LogP contribution in [-0.4, -0.2) is 80.7 Å². The van der Waals surface area contributed by atoms with Gasteiger partial charge in [-0.05, 0) is 31.9 Å². The minimum atomic E-state index is -3.63. The molecule has 1 saturated heterocycles. The number of aromatic nitrogens is 4. The molecule has 234 valence electrons. The number of rotatable bonds is 12. The Morgan fingerprint density at radius 3 is 2.23 bits per heavy atom. The van der Waals surface area contributed by atoms with Crippen LogP contribution in [0.4, 0.5) is 5.82 Å². The fourth-order valence-corrected chi connectivity index (χ4v) is 5.72. The highest BCUT2D eigenvalue weighted by molar-refractivity contribution is 7.90. The number of hydrogen-bond donors (Lipinski definition) is 5. The maximum Gasteiger partial charge on any atom is 0.252 e. The van der Waals surface area contributed by atoms with Crippen LogP contribution >= 0.6 is 0 Å². The summed E-state index contributed by atoms with van der Waals surface area (Å²) in [6, 6.07) is 20.0. The molecule has 2 aromatic carbocycles. The van der Waals surface area contributed by atoms with Crippen LogP contribution < -0.4 is 15.4 Å². The van der Waals surface area contributed by atoms with Crippen LogP contribution in [0.5, 0.6) is 0 Å². The van der Waals surface area contributed by atoms with E-state index in [1.54, 1.807) is 20.8 Å². The number of benzene rings is 2. The van der Waals surface area contributed by atoms with Crippen molar-refractivity contribution in [2.75, 3.05) is 18.4 Å². The van der Waals surface area contributed by atoms with E-state index in [1.807, 2.05) is 60.7 Å². The quantitative estimate of drug-likeness (QED) is 0.156. The Morgan fingerprint density at radius 1 is 1.00 bits per heavy atom. The number of aliphatic hydroxyl groups is 2. The zero-order valence-corrected chi connectivity index (χ0v) is 25.5. The summed E-state index contributed by atoms with van der Waals surface area (Å²) in [7, 11) is -3.63. The van der Waals surface area contributed by atoms with Gasteiger partial charge in [0.1, 0.15) is 18.0 Å². The summed E-state index contributed by atoms with van der Waals surface area (Å²) in [6.07, 6.45) is -4.05. The maximum atomic E-state index is 12.5. The molecule has 4 aromatic rings. The maximum absolute atomic E-state index is 12.5. The zero-order chi connectivity index (χ0) is 31.4. The third-order valence-corrected chi connectivity index (χ3v) is 9.31. The van der Waals surface area contributed by atoms with E-state index in [-0.39, 0.29) is 23.9 Å². The number of imidazole rings is 1. The average Bonchev–Trinajstić information content (AvgIpc) is 3.57. The van der Waals surface area contributed by atoms with Gasteiger partial charge in [0.2, 0.25) is 10.0 Å². The zero-order valence-electron chi connectivity index (χ0n) is 24.7. The minimum absolute atomic E-state index is 0.0552. The number of aliphatic hydroxyl groups excluding tert-OH is 2. The van der Waals surface area contributed by atoms with E-state index < -0.39 is 45.7 Å². The van der Waals surface area contributed by atoms with Gasteiger partial charge in [-0.1, -0.05) is 60.7 Å². The number of hydrogen-bond acceptors (Lipinski definition) is 10. The molecule has 1 amide bonds. The lowest BCUT2D eigenvalue weighted by Gasteiger charge is -2.20.